The predicted octanol–water partition coefficient (Wildman–Crippen LogP) is 3.57. The number of hydrogen-bond donors (Lipinski definition) is 0. The summed E-state index contributed by atoms with van der Waals surface area (Å²) in [6, 6.07) is 2.82. The van der Waals surface area contributed by atoms with E-state index >= 15 is 0 Å². The van der Waals surface area contributed by atoms with Gasteiger partial charge < -0.3 is 0 Å². The Morgan fingerprint density at radius 3 is 2.40 bits per heavy atom. The summed E-state index contributed by atoms with van der Waals surface area (Å²) in [7, 11) is 0. The van der Waals surface area contributed by atoms with Crippen LogP contribution in [0.25, 0.3) is 0 Å². The SMILES string of the molecule is CC(Cl)C(=O)c1ccc(C(F)F)c(F)c1. The van der Waals surface area contributed by atoms with Gasteiger partial charge in [-0.05, 0) is 19.1 Å². The van der Waals surface area contributed by atoms with Gasteiger partial charge in [-0.2, -0.15) is 0 Å². The Morgan fingerprint density at radius 1 is 1.40 bits per heavy atom. The Kier molecular flexibility index (Phi) is 3.74. The van der Waals surface area contributed by atoms with Crippen LogP contribution in [0.1, 0.15) is 29.3 Å². The van der Waals surface area contributed by atoms with Crippen molar-refractivity contribution in [3.63, 3.8) is 0 Å². The number of carbonyl (C=O) groups is 1. The lowest BCUT2D eigenvalue weighted by Crippen LogP contribution is -2.11. The van der Waals surface area contributed by atoms with Gasteiger partial charge in [0.15, 0.2) is 5.78 Å². The van der Waals surface area contributed by atoms with E-state index in [2.05, 4.69) is 0 Å². The first-order valence-corrected chi connectivity index (χ1v) is 4.63. The van der Waals surface area contributed by atoms with Crippen LogP contribution in [0.3, 0.4) is 0 Å². The molecule has 1 aromatic rings. The minimum absolute atomic E-state index is 0.000556. The third-order valence-corrected chi connectivity index (χ3v) is 2.08. The number of carbonyl (C=O) groups excluding carboxylic acids is 1. The highest BCUT2D eigenvalue weighted by Gasteiger charge is 2.17. The van der Waals surface area contributed by atoms with Crippen molar-refractivity contribution in [1.82, 2.24) is 0 Å². The van der Waals surface area contributed by atoms with Gasteiger partial charge in [-0.3, -0.25) is 4.79 Å². The first-order valence-electron chi connectivity index (χ1n) is 4.19. The van der Waals surface area contributed by atoms with Crippen molar-refractivity contribution in [2.75, 3.05) is 0 Å². The molecule has 0 spiro atoms. The largest absolute Gasteiger partial charge is 0.293 e. The molecule has 0 amide bonds. The summed E-state index contributed by atoms with van der Waals surface area (Å²) < 4.78 is 37.4. The van der Waals surface area contributed by atoms with Gasteiger partial charge in [0, 0.05) is 5.56 Å². The van der Waals surface area contributed by atoms with E-state index < -0.39 is 29.0 Å². The molecule has 0 bridgehead atoms. The molecule has 5 heteroatoms. The zero-order chi connectivity index (χ0) is 11.6. The van der Waals surface area contributed by atoms with Crippen molar-refractivity contribution in [2.45, 2.75) is 18.7 Å². The maximum absolute atomic E-state index is 13.0. The molecule has 1 aromatic carbocycles. The summed E-state index contributed by atoms with van der Waals surface area (Å²) in [4.78, 5) is 11.3. The molecule has 0 aliphatic carbocycles. The Bertz CT molecular complexity index is 377. The van der Waals surface area contributed by atoms with Gasteiger partial charge in [-0.25, -0.2) is 13.2 Å². The molecule has 0 saturated carbocycles. The number of Topliss-reactive ketones (excluding diaryl/α,β-unsaturated/α-hetero) is 1. The number of halogens is 4. The van der Waals surface area contributed by atoms with Gasteiger partial charge in [0.1, 0.15) is 5.82 Å². The molecular formula is C10H8ClF3O. The minimum Gasteiger partial charge on any atom is -0.293 e. The maximum atomic E-state index is 13.0. The van der Waals surface area contributed by atoms with Crippen LogP contribution in [0.2, 0.25) is 0 Å². The van der Waals surface area contributed by atoms with Crippen LogP contribution in [0.15, 0.2) is 18.2 Å². The number of ketones is 1. The molecule has 0 aromatic heterocycles. The molecule has 15 heavy (non-hydrogen) atoms. The van der Waals surface area contributed by atoms with Gasteiger partial charge in [0.2, 0.25) is 0 Å². The summed E-state index contributed by atoms with van der Waals surface area (Å²) in [6.45, 7) is 1.43. The van der Waals surface area contributed by atoms with Crippen LogP contribution in [0.5, 0.6) is 0 Å². The molecule has 0 heterocycles. The predicted molar refractivity (Wildman–Crippen MR) is 51.0 cm³/mol. The summed E-state index contributed by atoms with van der Waals surface area (Å²) in [5, 5.41) is -0.804. The zero-order valence-electron chi connectivity index (χ0n) is 7.81. The minimum atomic E-state index is -2.89. The van der Waals surface area contributed by atoms with Crippen molar-refractivity contribution in [3.05, 3.63) is 35.1 Å². The van der Waals surface area contributed by atoms with Crippen LogP contribution < -0.4 is 0 Å². The topological polar surface area (TPSA) is 17.1 Å². The third-order valence-electron chi connectivity index (χ3n) is 1.88. The molecule has 1 unspecified atom stereocenters. The molecule has 0 aliphatic rings. The highest BCUT2D eigenvalue weighted by Crippen LogP contribution is 2.23. The molecule has 0 radical (unpaired) electrons. The average Bonchev–Trinajstić information content (AvgIpc) is 2.15. The van der Waals surface area contributed by atoms with Crippen LogP contribution in [0, 0.1) is 5.82 Å². The highest BCUT2D eigenvalue weighted by molar-refractivity contribution is 6.33. The Labute approximate surface area is 89.9 Å². The maximum Gasteiger partial charge on any atom is 0.266 e. The van der Waals surface area contributed by atoms with E-state index in [0.29, 0.717) is 0 Å². The van der Waals surface area contributed by atoms with E-state index in [1.165, 1.54) is 6.92 Å². The third kappa shape index (κ3) is 2.72. The normalized spacial score (nSPS) is 12.9. The van der Waals surface area contributed by atoms with Gasteiger partial charge in [0.25, 0.3) is 6.43 Å². The molecule has 1 nitrogen and oxygen atoms in total. The monoisotopic (exact) mass is 236 g/mol. The van der Waals surface area contributed by atoms with Gasteiger partial charge in [0.05, 0.1) is 10.9 Å². The van der Waals surface area contributed by atoms with E-state index in [-0.39, 0.29) is 5.56 Å². The van der Waals surface area contributed by atoms with E-state index in [9.17, 15) is 18.0 Å². The van der Waals surface area contributed by atoms with E-state index in [4.69, 9.17) is 11.6 Å². The van der Waals surface area contributed by atoms with Crippen LogP contribution in [-0.4, -0.2) is 11.2 Å². The van der Waals surface area contributed by atoms with Gasteiger partial charge in [-0.15, -0.1) is 11.6 Å². The molecule has 0 fully saturated rings. The molecule has 1 atom stereocenters. The Morgan fingerprint density at radius 2 is 2.00 bits per heavy atom. The fourth-order valence-electron chi connectivity index (χ4n) is 1.09. The lowest BCUT2D eigenvalue weighted by molar-refractivity contribution is 0.0990. The van der Waals surface area contributed by atoms with E-state index in [0.717, 1.165) is 18.2 Å². The standard InChI is InChI=1S/C10H8ClF3O/c1-5(11)9(15)6-2-3-7(10(13)14)8(12)4-6/h2-5,10H,1H3. The number of alkyl halides is 3. The fourth-order valence-corrected chi connectivity index (χ4v) is 1.21. The molecule has 82 valence electrons. The van der Waals surface area contributed by atoms with Crippen LogP contribution in [0.4, 0.5) is 13.2 Å². The van der Waals surface area contributed by atoms with Crippen LogP contribution >= 0.6 is 11.6 Å². The Hall–Kier alpha value is -1.03. The zero-order valence-corrected chi connectivity index (χ0v) is 8.56. The van der Waals surface area contributed by atoms with Gasteiger partial charge in [-0.1, -0.05) is 6.07 Å². The average molecular weight is 237 g/mol. The first kappa shape index (κ1) is 12.0. The molecule has 0 aliphatic heterocycles. The second-order valence-electron chi connectivity index (χ2n) is 3.02. The summed E-state index contributed by atoms with van der Waals surface area (Å²) in [5.41, 5.74) is -0.715. The summed E-state index contributed by atoms with van der Waals surface area (Å²) in [5.74, 6) is -1.58. The van der Waals surface area contributed by atoms with Crippen molar-refractivity contribution in [2.24, 2.45) is 0 Å². The molecule has 0 saturated heterocycles. The van der Waals surface area contributed by atoms with Crippen molar-refractivity contribution in [3.8, 4) is 0 Å². The summed E-state index contributed by atoms with van der Waals surface area (Å²) >= 11 is 5.50. The van der Waals surface area contributed by atoms with Crippen molar-refractivity contribution < 1.29 is 18.0 Å². The second kappa shape index (κ2) is 4.66. The number of hydrogen-bond acceptors (Lipinski definition) is 1. The lowest BCUT2D eigenvalue weighted by atomic mass is 10.1. The van der Waals surface area contributed by atoms with Crippen molar-refractivity contribution >= 4 is 17.4 Å². The molecule has 1 rings (SSSR count). The number of rotatable bonds is 3. The van der Waals surface area contributed by atoms with E-state index in [1.807, 2.05) is 0 Å². The Balaban J connectivity index is 3.07. The summed E-state index contributed by atoms with van der Waals surface area (Å²) in [6.07, 6.45) is -2.89. The van der Waals surface area contributed by atoms with E-state index in [1.54, 1.807) is 0 Å². The van der Waals surface area contributed by atoms with Crippen molar-refractivity contribution in [1.29, 1.82) is 0 Å². The number of benzene rings is 1. The smallest absolute Gasteiger partial charge is 0.266 e. The van der Waals surface area contributed by atoms with Gasteiger partial charge >= 0.3 is 0 Å². The quantitative estimate of drug-likeness (QED) is 0.579. The molecule has 0 N–H and O–H groups in total. The first-order chi connectivity index (χ1) is 6.93. The lowest BCUT2D eigenvalue weighted by Gasteiger charge is -2.05. The van der Waals surface area contributed by atoms with Crippen LogP contribution in [-0.2, 0) is 0 Å². The second-order valence-corrected chi connectivity index (χ2v) is 3.67. The molecular weight excluding hydrogens is 229 g/mol. The highest BCUT2D eigenvalue weighted by atomic mass is 35.5. The fraction of sp³-hybridized carbons (Fsp3) is 0.300.